The van der Waals surface area contributed by atoms with Crippen molar-refractivity contribution in [3.63, 3.8) is 0 Å². The van der Waals surface area contributed by atoms with Crippen LogP contribution in [-0.4, -0.2) is 42.0 Å². The molecule has 362 valence electrons. The van der Waals surface area contributed by atoms with Crippen molar-refractivity contribution in [2.45, 2.75) is 61.3 Å². The summed E-state index contributed by atoms with van der Waals surface area (Å²) in [5.74, 6) is 2.54. The molecule has 0 aromatic heterocycles. The summed E-state index contributed by atoms with van der Waals surface area (Å²) in [6, 6.07) is 60.0. The van der Waals surface area contributed by atoms with Crippen LogP contribution in [-0.2, 0) is 0 Å². The molecule has 0 aliphatic heterocycles. The third kappa shape index (κ3) is 18.0. The number of phenolic OH excluding ortho intramolecular Hbond substituents is 7. The summed E-state index contributed by atoms with van der Waals surface area (Å²) >= 11 is 0. The molecule has 0 unspecified atom stereocenters. The van der Waals surface area contributed by atoms with Crippen molar-refractivity contribution in [3.8, 4) is 40.2 Å². The minimum atomic E-state index is 0.198. The molecule has 10 rings (SSSR count). The molecule has 0 atom stereocenters. The lowest BCUT2D eigenvalue weighted by atomic mass is 9.99. The average Bonchev–Trinajstić information content (AvgIpc) is 3.36. The number of carbonyl (C=O) groups excluding carboxylic acids is 1. The van der Waals surface area contributed by atoms with Crippen LogP contribution < -0.4 is 0 Å². The topological polar surface area (TPSA) is 159 Å². The molecule has 0 heterocycles. The van der Waals surface area contributed by atoms with E-state index in [1.54, 1.807) is 109 Å². The van der Waals surface area contributed by atoms with Crippen LogP contribution in [0.2, 0.25) is 0 Å². The predicted octanol–water partition coefficient (Wildman–Crippen LogP) is 16.3. The largest absolute Gasteiger partial charge is 0.508 e. The van der Waals surface area contributed by atoms with E-state index in [9.17, 15) is 30.3 Å². The zero-order valence-corrected chi connectivity index (χ0v) is 41.2. The van der Waals surface area contributed by atoms with E-state index in [4.69, 9.17) is 10.2 Å². The first-order valence-corrected chi connectivity index (χ1v) is 23.2. The summed E-state index contributed by atoms with van der Waals surface area (Å²) in [5.41, 5.74) is 4.16. The maximum Gasteiger partial charge on any atom is 0.150 e. The Morgan fingerprint density at radius 3 is 1.16 bits per heavy atom. The molecule has 0 fully saturated rings. The molecule has 0 spiro atoms. The standard InChI is InChI=1S/C13H14O.C11H8O2.C10H8O2.C10H8O.2C7H8O.2C2H6/c1-9(2)10-3-4-12-8-13(14)6-5-11(12)7-10;12-7-8-1-2-10-6-11(13)4-3-9(10)5-8;11-9-5-1-3-7-8(9)4-2-6-10(7)12;11-10-7-3-5-8-4-1-2-6-9(8)10;2*1-6-3-2-4-7(8)5-6;2*1-2/h3-9,14H,1-2H3;1-7,13H;1-6,11-12H;1-7,11H;2*2-5,8H,1H3;2*1-2H3. The number of fused-ring (bicyclic) bond motifs is 4. The lowest BCUT2D eigenvalue weighted by molar-refractivity contribution is 0.112. The van der Waals surface area contributed by atoms with Crippen LogP contribution >= 0.6 is 0 Å². The van der Waals surface area contributed by atoms with E-state index in [0.29, 0.717) is 45.3 Å². The van der Waals surface area contributed by atoms with E-state index in [0.717, 1.165) is 44.3 Å². The SMILES string of the molecule is CC.CC.CC(C)c1ccc2cc(O)ccc2c1.Cc1cccc(O)c1.Cc1cccc(O)c1.O=Cc1ccc2cc(O)ccc2c1.Oc1cccc2c(O)cccc12.Oc1cccc2ccccc12. The summed E-state index contributed by atoms with van der Waals surface area (Å²) in [5, 5.41) is 71.8. The fourth-order valence-corrected chi connectivity index (χ4v) is 6.68. The first kappa shape index (κ1) is 55.8. The van der Waals surface area contributed by atoms with Crippen LogP contribution in [0.1, 0.15) is 74.5 Å². The molecule has 7 N–H and O–H groups in total. The average molecular weight is 939 g/mol. The van der Waals surface area contributed by atoms with Gasteiger partial charge in [0.25, 0.3) is 0 Å². The predicted molar refractivity (Wildman–Crippen MR) is 292 cm³/mol. The Morgan fingerprint density at radius 2 is 0.714 bits per heavy atom. The number of hydrogen-bond donors (Lipinski definition) is 7. The molecule has 0 aliphatic rings. The zero-order valence-electron chi connectivity index (χ0n) is 41.2. The quantitative estimate of drug-likeness (QED) is 0.0844. The number of phenols is 7. The highest BCUT2D eigenvalue weighted by molar-refractivity contribution is 5.93. The van der Waals surface area contributed by atoms with Crippen LogP contribution in [0.5, 0.6) is 40.2 Å². The van der Waals surface area contributed by atoms with Crippen LogP contribution in [0.3, 0.4) is 0 Å². The van der Waals surface area contributed by atoms with Gasteiger partial charge >= 0.3 is 0 Å². The van der Waals surface area contributed by atoms with Crippen molar-refractivity contribution >= 4 is 49.4 Å². The van der Waals surface area contributed by atoms with E-state index >= 15 is 0 Å². The monoisotopic (exact) mass is 938 g/mol. The van der Waals surface area contributed by atoms with Gasteiger partial charge in [0.1, 0.15) is 46.5 Å². The Morgan fingerprint density at radius 1 is 0.343 bits per heavy atom. The number of aryl methyl sites for hydroxylation is 2. The van der Waals surface area contributed by atoms with Gasteiger partial charge < -0.3 is 35.7 Å². The summed E-state index contributed by atoms with van der Waals surface area (Å²) < 4.78 is 0. The molecule has 8 nitrogen and oxygen atoms in total. The molecular formula is C62H66O8. The molecular weight excluding hydrogens is 873 g/mol. The molecule has 0 radical (unpaired) electrons. The van der Waals surface area contributed by atoms with Crippen LogP contribution in [0.25, 0.3) is 43.1 Å². The smallest absolute Gasteiger partial charge is 0.150 e. The molecule has 8 heteroatoms. The number of aromatic hydroxyl groups is 7. The van der Waals surface area contributed by atoms with Crippen molar-refractivity contribution in [3.05, 3.63) is 222 Å². The number of aldehydes is 1. The van der Waals surface area contributed by atoms with E-state index in [1.807, 2.05) is 114 Å². The van der Waals surface area contributed by atoms with Crippen molar-refractivity contribution < 1.29 is 40.5 Å². The van der Waals surface area contributed by atoms with Gasteiger partial charge in [0.15, 0.2) is 0 Å². The molecule has 70 heavy (non-hydrogen) atoms. The third-order valence-electron chi connectivity index (χ3n) is 10.1. The lowest BCUT2D eigenvalue weighted by Gasteiger charge is -2.06. The second-order valence-electron chi connectivity index (χ2n) is 15.7. The molecule has 0 aliphatic carbocycles. The molecule has 10 aromatic carbocycles. The number of hydrogen-bond acceptors (Lipinski definition) is 8. The molecule has 0 saturated heterocycles. The summed E-state index contributed by atoms with van der Waals surface area (Å²) in [4.78, 5) is 10.5. The second-order valence-corrected chi connectivity index (χ2v) is 15.7. The fourth-order valence-electron chi connectivity index (χ4n) is 6.68. The Bertz CT molecular complexity index is 3030. The first-order valence-electron chi connectivity index (χ1n) is 23.2. The summed E-state index contributed by atoms with van der Waals surface area (Å²) in [7, 11) is 0. The Balaban J connectivity index is 0.000000221. The van der Waals surface area contributed by atoms with Crippen molar-refractivity contribution in [2.24, 2.45) is 0 Å². The minimum absolute atomic E-state index is 0.198. The summed E-state index contributed by atoms with van der Waals surface area (Å²) in [6.07, 6.45) is 0.812. The van der Waals surface area contributed by atoms with Crippen LogP contribution in [0.15, 0.2) is 200 Å². The molecule has 0 saturated carbocycles. The fraction of sp³-hybridized carbons (Fsp3) is 0.145. The van der Waals surface area contributed by atoms with Crippen molar-refractivity contribution in [1.29, 1.82) is 0 Å². The minimum Gasteiger partial charge on any atom is -0.508 e. The first-order chi connectivity index (χ1) is 33.7. The number of carbonyl (C=O) groups is 1. The van der Waals surface area contributed by atoms with Gasteiger partial charge in [-0.15, -0.1) is 0 Å². The van der Waals surface area contributed by atoms with Gasteiger partial charge in [-0.3, -0.25) is 4.79 Å². The van der Waals surface area contributed by atoms with Crippen LogP contribution in [0, 0.1) is 13.8 Å². The second kappa shape index (κ2) is 29.3. The van der Waals surface area contributed by atoms with E-state index in [1.165, 1.54) is 10.9 Å². The third-order valence-corrected chi connectivity index (χ3v) is 10.1. The van der Waals surface area contributed by atoms with Gasteiger partial charge in [0.05, 0.1) is 0 Å². The molecule has 10 aromatic rings. The Hall–Kier alpha value is -8.49. The Kier molecular flexibility index (Phi) is 23.4. The van der Waals surface area contributed by atoms with E-state index < -0.39 is 0 Å². The Labute approximate surface area is 412 Å². The van der Waals surface area contributed by atoms with Gasteiger partial charge in [-0.25, -0.2) is 0 Å². The number of rotatable bonds is 2. The van der Waals surface area contributed by atoms with Gasteiger partial charge in [0, 0.05) is 21.7 Å². The van der Waals surface area contributed by atoms with E-state index in [2.05, 4.69) is 32.0 Å². The molecule has 0 bridgehead atoms. The van der Waals surface area contributed by atoms with Crippen molar-refractivity contribution in [2.75, 3.05) is 0 Å². The zero-order chi connectivity index (χ0) is 51.6. The normalized spacial score (nSPS) is 9.73. The van der Waals surface area contributed by atoms with Gasteiger partial charge in [-0.05, 0) is 136 Å². The maximum atomic E-state index is 10.5. The molecule has 0 amide bonds. The highest BCUT2D eigenvalue weighted by Gasteiger charge is 2.03. The number of benzene rings is 10. The highest BCUT2D eigenvalue weighted by Crippen LogP contribution is 2.30. The lowest BCUT2D eigenvalue weighted by Crippen LogP contribution is -1.86. The highest BCUT2D eigenvalue weighted by atomic mass is 16.3. The maximum absolute atomic E-state index is 10.5. The van der Waals surface area contributed by atoms with E-state index in [-0.39, 0.29) is 17.2 Å². The van der Waals surface area contributed by atoms with Crippen LogP contribution in [0.4, 0.5) is 0 Å². The van der Waals surface area contributed by atoms with Gasteiger partial charge in [-0.2, -0.15) is 0 Å². The van der Waals surface area contributed by atoms with Gasteiger partial charge in [0.2, 0.25) is 0 Å². The summed E-state index contributed by atoms with van der Waals surface area (Å²) in [6.45, 7) is 16.3. The van der Waals surface area contributed by atoms with Crippen molar-refractivity contribution in [1.82, 2.24) is 0 Å². The van der Waals surface area contributed by atoms with Gasteiger partial charge in [-0.1, -0.05) is 169 Å².